The topological polar surface area (TPSA) is 37.8 Å². The van der Waals surface area contributed by atoms with Crippen LogP contribution in [0.5, 0.6) is 0 Å². The first-order valence-corrected chi connectivity index (χ1v) is 6.96. The highest BCUT2D eigenvalue weighted by Crippen LogP contribution is 2.25. The first-order chi connectivity index (χ1) is 8.37. The van der Waals surface area contributed by atoms with Crippen molar-refractivity contribution < 1.29 is 0 Å². The third-order valence-corrected chi connectivity index (χ3v) is 3.41. The third-order valence-electron chi connectivity index (χ3n) is 3.41. The van der Waals surface area contributed by atoms with Gasteiger partial charge in [-0.15, -0.1) is 0 Å². The van der Waals surface area contributed by atoms with E-state index in [-0.39, 0.29) is 0 Å². The summed E-state index contributed by atoms with van der Waals surface area (Å²) < 4.78 is 0. The van der Waals surface area contributed by atoms with Gasteiger partial charge in [-0.05, 0) is 17.8 Å². The Morgan fingerprint density at radius 3 is 2.50 bits per heavy atom. The highest BCUT2D eigenvalue weighted by molar-refractivity contribution is 5.31. The smallest absolute Gasteiger partial charge is 0.128 e. The molecule has 1 N–H and O–H groups in total. The molecule has 0 saturated heterocycles. The van der Waals surface area contributed by atoms with Crippen LogP contribution in [0.1, 0.15) is 69.7 Å². The fourth-order valence-corrected chi connectivity index (χ4v) is 2.32. The summed E-state index contributed by atoms with van der Waals surface area (Å²) in [5.74, 6) is 1.51. The van der Waals surface area contributed by atoms with Crippen molar-refractivity contribution in [3.05, 3.63) is 22.8 Å². The van der Waals surface area contributed by atoms with Crippen molar-refractivity contribution in [2.45, 2.75) is 66.5 Å². The van der Waals surface area contributed by atoms with E-state index in [9.17, 15) is 0 Å². The molecule has 0 aromatic carbocycles. The zero-order valence-electron chi connectivity index (χ0n) is 12.3. The number of rotatable bonds is 3. The number of nitrogens with one attached hydrogen (secondary N) is 1. The largest absolute Gasteiger partial charge is 0.307 e. The summed E-state index contributed by atoms with van der Waals surface area (Å²) in [6, 6.07) is 0. The molecule has 0 radical (unpaired) electrons. The van der Waals surface area contributed by atoms with Gasteiger partial charge in [0, 0.05) is 25.1 Å². The van der Waals surface area contributed by atoms with Gasteiger partial charge >= 0.3 is 0 Å². The Morgan fingerprint density at radius 1 is 1.17 bits per heavy atom. The maximum absolute atomic E-state index is 4.80. The lowest BCUT2D eigenvalue weighted by molar-refractivity contribution is 0.374. The van der Waals surface area contributed by atoms with E-state index in [0.717, 1.165) is 31.8 Å². The molecule has 0 atom stereocenters. The summed E-state index contributed by atoms with van der Waals surface area (Å²) in [4.78, 5) is 9.52. The van der Waals surface area contributed by atoms with Gasteiger partial charge in [0.2, 0.25) is 0 Å². The standard InChI is InChI=1S/C15H25N3/c1-10(2)14-11-8-16-9-12(11)17-13(18-14)6-7-15(3,4)5/h10,16H,6-9H2,1-5H3. The number of fused-ring (bicyclic) bond motifs is 1. The molecule has 2 heterocycles. The predicted octanol–water partition coefficient (Wildman–Crippen LogP) is 3.18. The van der Waals surface area contributed by atoms with E-state index >= 15 is 0 Å². The maximum Gasteiger partial charge on any atom is 0.128 e. The highest BCUT2D eigenvalue weighted by Gasteiger charge is 2.21. The van der Waals surface area contributed by atoms with Gasteiger partial charge in [0.1, 0.15) is 5.82 Å². The number of nitrogens with zero attached hydrogens (tertiary/aromatic N) is 2. The van der Waals surface area contributed by atoms with Crippen LogP contribution in [0.2, 0.25) is 0 Å². The minimum Gasteiger partial charge on any atom is -0.307 e. The van der Waals surface area contributed by atoms with E-state index < -0.39 is 0 Å². The second-order valence-corrected chi connectivity index (χ2v) is 6.77. The van der Waals surface area contributed by atoms with Crippen LogP contribution >= 0.6 is 0 Å². The molecule has 2 rings (SSSR count). The Bertz CT molecular complexity index is 430. The van der Waals surface area contributed by atoms with Gasteiger partial charge in [-0.1, -0.05) is 34.6 Å². The lowest BCUT2D eigenvalue weighted by Gasteiger charge is -2.18. The maximum atomic E-state index is 4.80. The summed E-state index contributed by atoms with van der Waals surface area (Å²) in [6.45, 7) is 13.1. The van der Waals surface area contributed by atoms with Crippen LogP contribution < -0.4 is 5.32 Å². The van der Waals surface area contributed by atoms with Crippen molar-refractivity contribution in [3.63, 3.8) is 0 Å². The zero-order chi connectivity index (χ0) is 13.3. The van der Waals surface area contributed by atoms with E-state index in [1.54, 1.807) is 0 Å². The minimum absolute atomic E-state index is 0.346. The number of aryl methyl sites for hydroxylation is 1. The molecule has 0 unspecified atom stereocenters. The molecule has 0 fully saturated rings. The van der Waals surface area contributed by atoms with E-state index in [2.05, 4.69) is 39.9 Å². The Balaban J connectivity index is 2.25. The summed E-state index contributed by atoms with van der Waals surface area (Å²) in [6.07, 6.45) is 2.12. The molecule has 0 amide bonds. The summed E-state index contributed by atoms with van der Waals surface area (Å²) >= 11 is 0. The zero-order valence-corrected chi connectivity index (χ0v) is 12.3. The second kappa shape index (κ2) is 4.96. The molecule has 18 heavy (non-hydrogen) atoms. The molecule has 0 spiro atoms. The average Bonchev–Trinajstić information content (AvgIpc) is 2.71. The van der Waals surface area contributed by atoms with Crippen LogP contribution in [-0.2, 0) is 19.5 Å². The van der Waals surface area contributed by atoms with Crippen molar-refractivity contribution in [3.8, 4) is 0 Å². The number of hydrogen-bond acceptors (Lipinski definition) is 3. The first kappa shape index (κ1) is 13.5. The van der Waals surface area contributed by atoms with Crippen LogP contribution in [0.3, 0.4) is 0 Å². The molecule has 1 aliphatic heterocycles. The van der Waals surface area contributed by atoms with Crippen molar-refractivity contribution in [2.75, 3.05) is 0 Å². The molecule has 100 valence electrons. The summed E-state index contributed by atoms with van der Waals surface area (Å²) in [7, 11) is 0. The molecular weight excluding hydrogens is 222 g/mol. The Morgan fingerprint density at radius 2 is 1.89 bits per heavy atom. The number of hydrogen-bond donors (Lipinski definition) is 1. The molecular formula is C15H25N3. The molecule has 0 bridgehead atoms. The first-order valence-electron chi connectivity index (χ1n) is 6.96. The average molecular weight is 247 g/mol. The van der Waals surface area contributed by atoms with Crippen molar-refractivity contribution >= 4 is 0 Å². The van der Waals surface area contributed by atoms with Crippen LogP contribution in [0.15, 0.2) is 0 Å². The molecule has 3 nitrogen and oxygen atoms in total. The Labute approximate surface area is 110 Å². The summed E-state index contributed by atoms with van der Waals surface area (Å²) in [5.41, 5.74) is 4.15. The van der Waals surface area contributed by atoms with Gasteiger partial charge in [0.15, 0.2) is 0 Å². The lowest BCUT2D eigenvalue weighted by Crippen LogP contribution is -2.11. The lowest BCUT2D eigenvalue weighted by atomic mass is 9.90. The van der Waals surface area contributed by atoms with Gasteiger partial charge < -0.3 is 5.32 Å². The minimum atomic E-state index is 0.346. The molecule has 1 aliphatic rings. The molecule has 0 aliphatic carbocycles. The van der Waals surface area contributed by atoms with Crippen molar-refractivity contribution in [1.82, 2.24) is 15.3 Å². The van der Waals surface area contributed by atoms with Crippen molar-refractivity contribution in [1.29, 1.82) is 0 Å². The van der Waals surface area contributed by atoms with Gasteiger partial charge in [0.25, 0.3) is 0 Å². The highest BCUT2D eigenvalue weighted by atomic mass is 15.0. The quantitative estimate of drug-likeness (QED) is 0.891. The van der Waals surface area contributed by atoms with Gasteiger partial charge in [-0.25, -0.2) is 9.97 Å². The van der Waals surface area contributed by atoms with Crippen LogP contribution in [-0.4, -0.2) is 9.97 Å². The van der Waals surface area contributed by atoms with E-state index in [0.29, 0.717) is 11.3 Å². The predicted molar refractivity (Wildman–Crippen MR) is 74.4 cm³/mol. The third kappa shape index (κ3) is 3.08. The van der Waals surface area contributed by atoms with E-state index in [4.69, 9.17) is 9.97 Å². The van der Waals surface area contributed by atoms with Crippen LogP contribution in [0.4, 0.5) is 0 Å². The van der Waals surface area contributed by atoms with E-state index in [1.165, 1.54) is 17.0 Å². The fourth-order valence-electron chi connectivity index (χ4n) is 2.32. The monoisotopic (exact) mass is 247 g/mol. The van der Waals surface area contributed by atoms with E-state index in [1.807, 2.05) is 0 Å². The summed E-state index contributed by atoms with van der Waals surface area (Å²) in [5, 5.41) is 3.38. The van der Waals surface area contributed by atoms with Gasteiger partial charge in [0.05, 0.1) is 11.4 Å². The van der Waals surface area contributed by atoms with Gasteiger partial charge in [-0.2, -0.15) is 0 Å². The Kier molecular flexibility index (Phi) is 3.71. The van der Waals surface area contributed by atoms with Crippen LogP contribution in [0.25, 0.3) is 0 Å². The SMILES string of the molecule is CC(C)c1nc(CCC(C)(C)C)nc2c1CNC2. The normalized spacial score (nSPS) is 15.2. The Hall–Kier alpha value is -0.960. The molecule has 0 saturated carbocycles. The van der Waals surface area contributed by atoms with Gasteiger partial charge in [-0.3, -0.25) is 0 Å². The second-order valence-electron chi connectivity index (χ2n) is 6.77. The fraction of sp³-hybridized carbons (Fsp3) is 0.733. The number of aromatic nitrogens is 2. The van der Waals surface area contributed by atoms with Crippen molar-refractivity contribution in [2.24, 2.45) is 5.41 Å². The molecule has 1 aromatic heterocycles. The van der Waals surface area contributed by atoms with Crippen LogP contribution in [0, 0.1) is 5.41 Å². The molecule has 1 aromatic rings. The molecule has 3 heteroatoms.